The molecule has 2 N–H and O–H groups in total. The van der Waals surface area contributed by atoms with Crippen LogP contribution in [0.1, 0.15) is 104 Å². The minimum atomic E-state index is -0.505. The lowest BCUT2D eigenvalue weighted by atomic mass is 9.90. The quantitative estimate of drug-likeness (QED) is 0.142. The van der Waals surface area contributed by atoms with Crippen molar-refractivity contribution in [1.29, 1.82) is 5.26 Å². The van der Waals surface area contributed by atoms with Gasteiger partial charge < -0.3 is 24.7 Å². The molecule has 8 nitrogen and oxygen atoms in total. The zero-order valence-corrected chi connectivity index (χ0v) is 31.8. The molecule has 3 aromatic carbocycles. The summed E-state index contributed by atoms with van der Waals surface area (Å²) in [5.74, 6) is 1.73. The Hall–Kier alpha value is -4.58. The second kappa shape index (κ2) is 17.8. The van der Waals surface area contributed by atoms with Crippen molar-refractivity contribution >= 4 is 23.6 Å². The highest BCUT2D eigenvalue weighted by Gasteiger charge is 2.27. The van der Waals surface area contributed by atoms with E-state index in [1.165, 1.54) is 11.1 Å². The van der Waals surface area contributed by atoms with Crippen molar-refractivity contribution in [2.75, 3.05) is 13.1 Å². The molecule has 1 aliphatic heterocycles. The fourth-order valence-corrected chi connectivity index (χ4v) is 6.78. The number of piperidine rings is 1. The van der Waals surface area contributed by atoms with Crippen molar-refractivity contribution in [3.05, 3.63) is 117 Å². The van der Waals surface area contributed by atoms with Gasteiger partial charge in [0.15, 0.2) is 0 Å². The van der Waals surface area contributed by atoms with Crippen LogP contribution in [0.4, 0.5) is 4.79 Å². The van der Waals surface area contributed by atoms with Crippen LogP contribution in [0.15, 0.2) is 83.3 Å². The molecular formula is C43H51ClN4O4. The third-order valence-electron chi connectivity index (χ3n) is 9.65. The van der Waals surface area contributed by atoms with Crippen LogP contribution in [0.25, 0.3) is 11.3 Å². The van der Waals surface area contributed by atoms with Crippen molar-refractivity contribution < 1.29 is 18.7 Å². The predicted molar refractivity (Wildman–Crippen MR) is 206 cm³/mol. The summed E-state index contributed by atoms with van der Waals surface area (Å²) in [5.41, 5.74) is 4.75. The first kappa shape index (κ1) is 38.6. The van der Waals surface area contributed by atoms with Crippen molar-refractivity contribution in [2.45, 2.75) is 97.4 Å². The Morgan fingerprint density at radius 2 is 1.73 bits per heavy atom. The number of benzene rings is 3. The van der Waals surface area contributed by atoms with Gasteiger partial charge >= 0.3 is 6.09 Å². The normalized spacial score (nSPS) is 14.8. The number of furan rings is 1. The van der Waals surface area contributed by atoms with Crippen molar-refractivity contribution in [3.63, 3.8) is 0 Å². The maximum atomic E-state index is 13.8. The van der Waals surface area contributed by atoms with Gasteiger partial charge in [-0.25, -0.2) is 4.79 Å². The highest BCUT2D eigenvalue weighted by atomic mass is 35.5. The summed E-state index contributed by atoms with van der Waals surface area (Å²) in [6.45, 7) is 11.8. The van der Waals surface area contributed by atoms with E-state index in [9.17, 15) is 14.9 Å². The van der Waals surface area contributed by atoms with Gasteiger partial charge in [-0.1, -0.05) is 66.4 Å². The third-order valence-corrected chi connectivity index (χ3v) is 9.98. The summed E-state index contributed by atoms with van der Waals surface area (Å²) in [4.78, 5) is 28.1. The molecule has 0 unspecified atom stereocenters. The summed E-state index contributed by atoms with van der Waals surface area (Å²) >= 11 is 6.62. The number of aryl methyl sites for hydroxylation is 1. The number of nitrogens with zero attached hydrogens (tertiary/aromatic N) is 2. The van der Waals surface area contributed by atoms with E-state index < -0.39 is 5.60 Å². The lowest BCUT2D eigenvalue weighted by molar-refractivity contribution is 0.0180. The van der Waals surface area contributed by atoms with Crippen LogP contribution in [0.5, 0.6) is 0 Å². The Bertz CT molecular complexity index is 1830. The monoisotopic (exact) mass is 722 g/mol. The second-order valence-electron chi connectivity index (χ2n) is 15.0. The van der Waals surface area contributed by atoms with Gasteiger partial charge in [0.2, 0.25) is 0 Å². The number of ether oxygens (including phenoxy) is 1. The third kappa shape index (κ3) is 11.2. The topological polar surface area (TPSA) is 108 Å². The molecule has 0 radical (unpaired) electrons. The van der Waals surface area contributed by atoms with Gasteiger partial charge in [-0.3, -0.25) is 4.79 Å². The standard InChI is InChI=1S/C43H51ClN4O4/c1-29-9-15-34(16-10-29)30(2)46-28-37-18-20-40(51-37)35-17-19-39(44)38(26-35)41(49)47-36(25-32-11-13-33(27-45)14-12-32)8-6-7-31-21-23-48(24-22-31)42(50)52-43(3,4)5/h9-20,26,30-31,36,46H,6-8,21-25,28H2,1-5H3,(H,47,49)/t30-,36+/m1/s1. The molecule has 2 amide bonds. The fourth-order valence-electron chi connectivity index (χ4n) is 6.58. The van der Waals surface area contributed by atoms with E-state index in [2.05, 4.69) is 54.8 Å². The van der Waals surface area contributed by atoms with E-state index >= 15 is 0 Å². The van der Waals surface area contributed by atoms with E-state index in [4.69, 9.17) is 20.8 Å². The number of hydrogen-bond donors (Lipinski definition) is 2. The zero-order valence-electron chi connectivity index (χ0n) is 31.0. The predicted octanol–water partition coefficient (Wildman–Crippen LogP) is 9.79. The molecule has 0 saturated carbocycles. The van der Waals surface area contributed by atoms with Gasteiger partial charge in [0, 0.05) is 30.7 Å². The fraction of sp³-hybridized carbons (Fsp3) is 0.419. The van der Waals surface area contributed by atoms with Crippen molar-refractivity contribution in [3.8, 4) is 17.4 Å². The van der Waals surface area contributed by atoms with E-state index in [0.717, 1.165) is 49.0 Å². The van der Waals surface area contributed by atoms with Gasteiger partial charge in [-0.05, 0) is 120 Å². The number of nitrogens with one attached hydrogen (secondary N) is 2. The molecule has 0 aliphatic carbocycles. The Morgan fingerprint density at radius 3 is 2.40 bits per heavy atom. The molecule has 1 aliphatic rings. The summed E-state index contributed by atoms with van der Waals surface area (Å²) in [6.07, 6.45) is 4.98. The zero-order chi connectivity index (χ0) is 37.3. The smallest absolute Gasteiger partial charge is 0.410 e. The molecule has 2 atom stereocenters. The van der Waals surface area contributed by atoms with Crippen LogP contribution in [-0.2, 0) is 17.7 Å². The van der Waals surface area contributed by atoms with Gasteiger partial charge in [0.1, 0.15) is 17.1 Å². The maximum absolute atomic E-state index is 13.8. The first-order chi connectivity index (χ1) is 24.9. The van der Waals surface area contributed by atoms with E-state index in [1.54, 1.807) is 17.0 Å². The van der Waals surface area contributed by atoms with Crippen LogP contribution in [0, 0.1) is 24.2 Å². The average molecular weight is 723 g/mol. The highest BCUT2D eigenvalue weighted by Crippen LogP contribution is 2.29. The van der Waals surface area contributed by atoms with Gasteiger partial charge in [-0.2, -0.15) is 5.26 Å². The first-order valence-corrected chi connectivity index (χ1v) is 18.7. The molecule has 9 heteroatoms. The molecule has 5 rings (SSSR count). The Balaban J connectivity index is 1.20. The number of hydrogen-bond acceptors (Lipinski definition) is 6. The Kier molecular flexibility index (Phi) is 13.2. The average Bonchev–Trinajstić information content (AvgIpc) is 3.60. The maximum Gasteiger partial charge on any atom is 0.410 e. The van der Waals surface area contributed by atoms with Crippen LogP contribution >= 0.6 is 11.6 Å². The van der Waals surface area contributed by atoms with Crippen LogP contribution in [0.3, 0.4) is 0 Å². The number of carbonyl (C=O) groups is 2. The molecule has 1 fully saturated rings. The van der Waals surface area contributed by atoms with Crippen molar-refractivity contribution in [1.82, 2.24) is 15.5 Å². The summed E-state index contributed by atoms with van der Waals surface area (Å²) in [6, 6.07) is 27.5. The highest BCUT2D eigenvalue weighted by molar-refractivity contribution is 6.34. The van der Waals surface area contributed by atoms with E-state index in [1.807, 2.05) is 63.2 Å². The number of halogens is 1. The summed E-state index contributed by atoms with van der Waals surface area (Å²) < 4.78 is 11.7. The molecule has 1 saturated heterocycles. The van der Waals surface area contributed by atoms with Gasteiger partial charge in [0.05, 0.1) is 28.8 Å². The number of rotatable bonds is 13. The lowest BCUT2D eigenvalue weighted by Crippen LogP contribution is -2.41. The SMILES string of the molecule is Cc1ccc([C@@H](C)NCc2ccc(-c3ccc(Cl)c(C(=O)N[C@@H](CCCC4CCN(C(=O)OC(C)(C)C)CC4)Cc4ccc(C#N)cc4)c3)o2)cc1. The number of carbonyl (C=O) groups excluding carboxylic acids is 2. The minimum absolute atomic E-state index is 0.140. The number of likely N-dealkylation sites (tertiary alicyclic amines) is 1. The second-order valence-corrected chi connectivity index (χ2v) is 15.4. The number of nitriles is 1. The Labute approximate surface area is 313 Å². The molecule has 2 heterocycles. The van der Waals surface area contributed by atoms with Gasteiger partial charge in [-0.15, -0.1) is 0 Å². The van der Waals surface area contributed by atoms with Crippen LogP contribution in [0.2, 0.25) is 5.02 Å². The molecule has 1 aromatic heterocycles. The van der Waals surface area contributed by atoms with E-state index in [-0.39, 0.29) is 24.1 Å². The minimum Gasteiger partial charge on any atom is -0.460 e. The molecular weight excluding hydrogens is 672 g/mol. The summed E-state index contributed by atoms with van der Waals surface area (Å²) in [5, 5.41) is 16.4. The van der Waals surface area contributed by atoms with Crippen LogP contribution in [-0.4, -0.2) is 41.6 Å². The summed E-state index contributed by atoms with van der Waals surface area (Å²) in [7, 11) is 0. The lowest BCUT2D eigenvalue weighted by Gasteiger charge is -2.33. The van der Waals surface area contributed by atoms with Crippen molar-refractivity contribution in [2.24, 2.45) is 5.92 Å². The first-order valence-electron chi connectivity index (χ1n) is 18.3. The molecule has 0 bridgehead atoms. The molecule has 274 valence electrons. The van der Waals surface area contributed by atoms with Gasteiger partial charge in [0.25, 0.3) is 5.91 Å². The largest absolute Gasteiger partial charge is 0.460 e. The Morgan fingerprint density at radius 1 is 1.02 bits per heavy atom. The molecule has 0 spiro atoms. The molecule has 52 heavy (non-hydrogen) atoms. The molecule has 4 aromatic rings. The van der Waals surface area contributed by atoms with E-state index in [0.29, 0.717) is 53.9 Å². The van der Waals surface area contributed by atoms with Crippen LogP contribution < -0.4 is 10.6 Å². The number of amides is 2.